The van der Waals surface area contributed by atoms with Crippen LogP contribution in [-0.2, 0) is 17.8 Å². The van der Waals surface area contributed by atoms with Crippen molar-refractivity contribution in [2.24, 2.45) is 4.99 Å². The van der Waals surface area contributed by atoms with Gasteiger partial charge in [-0.2, -0.15) is 0 Å². The number of piperidine rings is 1. The number of nitrogens with one attached hydrogen (secondary N) is 3. The van der Waals surface area contributed by atoms with E-state index in [1.54, 1.807) is 7.05 Å². The van der Waals surface area contributed by atoms with Gasteiger partial charge in [0.25, 0.3) is 0 Å². The summed E-state index contributed by atoms with van der Waals surface area (Å²) in [6, 6.07) is 19.4. The van der Waals surface area contributed by atoms with Gasteiger partial charge in [-0.1, -0.05) is 49.4 Å². The summed E-state index contributed by atoms with van der Waals surface area (Å²) in [7, 11) is 1.74. The van der Waals surface area contributed by atoms with E-state index in [0.29, 0.717) is 18.0 Å². The SMILES string of the molecule is CCc1cccc(NC(=O)CNC(=NC)NC2CCN(Cc3ccccc3)C(C)C2)c1. The van der Waals surface area contributed by atoms with Crippen LogP contribution in [0.15, 0.2) is 59.6 Å². The molecule has 6 nitrogen and oxygen atoms in total. The zero-order valence-electron chi connectivity index (χ0n) is 18.9. The summed E-state index contributed by atoms with van der Waals surface area (Å²) in [6.07, 6.45) is 3.04. The summed E-state index contributed by atoms with van der Waals surface area (Å²) in [4.78, 5) is 19.2. The Morgan fingerprint density at radius 1 is 1.13 bits per heavy atom. The van der Waals surface area contributed by atoms with Gasteiger partial charge in [0.2, 0.25) is 5.91 Å². The molecule has 0 saturated carbocycles. The molecule has 6 heteroatoms. The van der Waals surface area contributed by atoms with Gasteiger partial charge >= 0.3 is 0 Å². The summed E-state index contributed by atoms with van der Waals surface area (Å²) in [5.41, 5.74) is 3.39. The summed E-state index contributed by atoms with van der Waals surface area (Å²) in [5.74, 6) is 0.591. The number of carbonyl (C=O) groups excluding carboxylic acids is 1. The summed E-state index contributed by atoms with van der Waals surface area (Å²) >= 11 is 0. The van der Waals surface area contributed by atoms with Crippen molar-refractivity contribution in [3.8, 4) is 0 Å². The number of rotatable bonds is 7. The first-order valence-electron chi connectivity index (χ1n) is 11.2. The highest BCUT2D eigenvalue weighted by Crippen LogP contribution is 2.20. The Hall–Kier alpha value is -2.86. The Balaban J connectivity index is 1.43. The molecule has 0 aromatic heterocycles. The molecule has 0 spiro atoms. The Morgan fingerprint density at radius 2 is 1.90 bits per heavy atom. The number of aryl methyl sites for hydroxylation is 1. The minimum absolute atomic E-state index is 0.0812. The molecule has 2 aromatic rings. The number of hydrogen-bond donors (Lipinski definition) is 3. The van der Waals surface area contributed by atoms with Crippen LogP contribution >= 0.6 is 0 Å². The average Bonchev–Trinajstić information content (AvgIpc) is 2.79. The van der Waals surface area contributed by atoms with E-state index >= 15 is 0 Å². The van der Waals surface area contributed by atoms with Gasteiger partial charge in [-0.05, 0) is 49.4 Å². The van der Waals surface area contributed by atoms with Crippen molar-refractivity contribution in [3.63, 3.8) is 0 Å². The maximum absolute atomic E-state index is 12.3. The van der Waals surface area contributed by atoms with E-state index in [0.717, 1.165) is 38.0 Å². The highest BCUT2D eigenvalue weighted by Gasteiger charge is 2.26. The Labute approximate surface area is 186 Å². The van der Waals surface area contributed by atoms with E-state index in [1.807, 2.05) is 18.2 Å². The van der Waals surface area contributed by atoms with Crippen LogP contribution in [0.5, 0.6) is 0 Å². The standard InChI is InChI=1S/C25H35N5O/c1-4-20-11-8-12-22(16-20)28-24(31)17-27-25(26-3)29-23-13-14-30(19(2)15-23)18-21-9-6-5-7-10-21/h5-12,16,19,23H,4,13-15,17-18H2,1-3H3,(H,28,31)(H2,26,27,29). The molecular weight excluding hydrogens is 386 g/mol. The lowest BCUT2D eigenvalue weighted by molar-refractivity contribution is -0.115. The Kier molecular flexibility index (Phi) is 8.47. The van der Waals surface area contributed by atoms with E-state index in [2.05, 4.69) is 76.1 Å². The van der Waals surface area contributed by atoms with Gasteiger partial charge < -0.3 is 16.0 Å². The number of hydrogen-bond acceptors (Lipinski definition) is 3. The topological polar surface area (TPSA) is 68.8 Å². The molecule has 0 aliphatic carbocycles. The maximum Gasteiger partial charge on any atom is 0.243 e. The number of nitrogens with zero attached hydrogens (tertiary/aromatic N) is 2. The predicted octanol–water partition coefficient (Wildman–Crippen LogP) is 3.41. The second-order valence-electron chi connectivity index (χ2n) is 8.20. The third kappa shape index (κ3) is 7.10. The first-order chi connectivity index (χ1) is 15.1. The van der Waals surface area contributed by atoms with Crippen LogP contribution in [0.2, 0.25) is 0 Å². The molecule has 1 amide bonds. The smallest absolute Gasteiger partial charge is 0.243 e. The fraction of sp³-hybridized carbons (Fsp3) is 0.440. The van der Waals surface area contributed by atoms with Crippen molar-refractivity contribution in [2.75, 3.05) is 25.5 Å². The summed E-state index contributed by atoms with van der Waals surface area (Å²) < 4.78 is 0. The van der Waals surface area contributed by atoms with Crippen molar-refractivity contribution >= 4 is 17.6 Å². The van der Waals surface area contributed by atoms with Gasteiger partial charge in [-0.15, -0.1) is 0 Å². The molecule has 2 atom stereocenters. The maximum atomic E-state index is 12.3. The Bertz CT molecular complexity index is 867. The largest absolute Gasteiger partial charge is 0.354 e. The van der Waals surface area contributed by atoms with Crippen LogP contribution < -0.4 is 16.0 Å². The van der Waals surface area contributed by atoms with Crippen LogP contribution in [0, 0.1) is 0 Å². The first-order valence-corrected chi connectivity index (χ1v) is 11.2. The molecule has 2 unspecified atom stereocenters. The van der Waals surface area contributed by atoms with Gasteiger partial charge in [0, 0.05) is 37.9 Å². The number of anilines is 1. The lowest BCUT2D eigenvalue weighted by Crippen LogP contribution is -2.52. The van der Waals surface area contributed by atoms with Crippen molar-refractivity contribution in [1.29, 1.82) is 0 Å². The molecule has 166 valence electrons. The predicted molar refractivity (Wildman–Crippen MR) is 128 cm³/mol. The number of benzene rings is 2. The molecule has 1 saturated heterocycles. The molecule has 2 aromatic carbocycles. The van der Waals surface area contributed by atoms with E-state index in [9.17, 15) is 4.79 Å². The molecule has 31 heavy (non-hydrogen) atoms. The fourth-order valence-corrected chi connectivity index (χ4v) is 4.03. The molecule has 0 bridgehead atoms. The van der Waals surface area contributed by atoms with Crippen LogP contribution in [-0.4, -0.2) is 49.0 Å². The average molecular weight is 422 g/mol. The fourth-order valence-electron chi connectivity index (χ4n) is 4.03. The summed E-state index contributed by atoms with van der Waals surface area (Å²) in [5, 5.41) is 9.58. The number of aliphatic imine (C=N–C) groups is 1. The van der Waals surface area contributed by atoms with E-state index in [1.165, 1.54) is 11.1 Å². The molecule has 0 radical (unpaired) electrons. The number of amides is 1. The van der Waals surface area contributed by atoms with E-state index in [4.69, 9.17) is 0 Å². The van der Waals surface area contributed by atoms with Crippen LogP contribution in [0.4, 0.5) is 5.69 Å². The second-order valence-corrected chi connectivity index (χ2v) is 8.20. The van der Waals surface area contributed by atoms with Crippen LogP contribution in [0.1, 0.15) is 37.8 Å². The highest BCUT2D eigenvalue weighted by molar-refractivity contribution is 5.95. The van der Waals surface area contributed by atoms with Crippen molar-refractivity contribution in [1.82, 2.24) is 15.5 Å². The van der Waals surface area contributed by atoms with Crippen LogP contribution in [0.3, 0.4) is 0 Å². The van der Waals surface area contributed by atoms with Crippen LogP contribution in [0.25, 0.3) is 0 Å². The molecule has 3 N–H and O–H groups in total. The zero-order chi connectivity index (χ0) is 22.1. The lowest BCUT2D eigenvalue weighted by Gasteiger charge is -2.38. The van der Waals surface area contributed by atoms with Crippen molar-refractivity contribution in [2.45, 2.75) is 51.7 Å². The molecule has 1 aliphatic heterocycles. The molecule has 1 fully saturated rings. The quantitative estimate of drug-likeness (QED) is 0.473. The highest BCUT2D eigenvalue weighted by atomic mass is 16.1. The molecule has 3 rings (SSSR count). The Morgan fingerprint density at radius 3 is 2.61 bits per heavy atom. The van der Waals surface area contributed by atoms with Gasteiger partial charge in [-0.25, -0.2) is 0 Å². The van der Waals surface area contributed by atoms with Crippen molar-refractivity contribution in [3.05, 3.63) is 65.7 Å². The minimum atomic E-state index is -0.0812. The second kappa shape index (κ2) is 11.5. The molecule has 1 heterocycles. The number of likely N-dealkylation sites (tertiary alicyclic amines) is 1. The van der Waals surface area contributed by atoms with Gasteiger partial charge in [0.05, 0.1) is 6.54 Å². The molecular formula is C25H35N5O. The van der Waals surface area contributed by atoms with E-state index in [-0.39, 0.29) is 12.5 Å². The first kappa shape index (κ1) is 22.8. The van der Waals surface area contributed by atoms with Gasteiger partial charge in [-0.3, -0.25) is 14.7 Å². The monoisotopic (exact) mass is 421 g/mol. The van der Waals surface area contributed by atoms with E-state index < -0.39 is 0 Å². The van der Waals surface area contributed by atoms with Gasteiger partial charge in [0.1, 0.15) is 0 Å². The zero-order valence-corrected chi connectivity index (χ0v) is 18.9. The van der Waals surface area contributed by atoms with Crippen molar-refractivity contribution < 1.29 is 4.79 Å². The normalized spacial score (nSPS) is 19.6. The minimum Gasteiger partial charge on any atom is -0.354 e. The third-order valence-corrected chi connectivity index (χ3v) is 5.84. The number of guanidine groups is 1. The van der Waals surface area contributed by atoms with Gasteiger partial charge in [0.15, 0.2) is 5.96 Å². The lowest BCUT2D eigenvalue weighted by atomic mass is 9.97. The third-order valence-electron chi connectivity index (χ3n) is 5.84. The number of carbonyl (C=O) groups is 1. The summed E-state index contributed by atoms with van der Waals surface area (Å²) in [6.45, 7) is 6.59. The molecule has 1 aliphatic rings.